The highest BCUT2D eigenvalue weighted by atomic mass is 32.2. The fraction of sp³-hybridized carbons (Fsp3) is 0.533. The van der Waals surface area contributed by atoms with Crippen LogP contribution in [0.2, 0.25) is 0 Å². The molecule has 0 unspecified atom stereocenters. The molecule has 1 aromatic carbocycles. The topological polar surface area (TPSA) is 118 Å². The molecule has 1 fully saturated rings. The summed E-state index contributed by atoms with van der Waals surface area (Å²) >= 11 is 0. The van der Waals surface area contributed by atoms with Crippen molar-refractivity contribution in [1.29, 1.82) is 0 Å². The lowest BCUT2D eigenvalue weighted by Crippen LogP contribution is -2.39. The number of carboxylic acid groups (broad SMARTS) is 1. The molecule has 0 saturated heterocycles. The maximum Gasteiger partial charge on any atom is 0.306 e. The van der Waals surface area contributed by atoms with Gasteiger partial charge in [-0.15, -0.1) is 0 Å². The summed E-state index contributed by atoms with van der Waals surface area (Å²) in [7, 11) is -7.38. The van der Waals surface area contributed by atoms with Crippen LogP contribution in [0.5, 0.6) is 0 Å². The van der Waals surface area contributed by atoms with Gasteiger partial charge in [-0.1, -0.05) is 6.07 Å². The van der Waals surface area contributed by atoms with E-state index in [0.29, 0.717) is 31.2 Å². The van der Waals surface area contributed by atoms with Gasteiger partial charge in [0.05, 0.1) is 15.7 Å². The third kappa shape index (κ3) is 4.34. The first-order valence-corrected chi connectivity index (χ1v) is 10.9. The summed E-state index contributed by atoms with van der Waals surface area (Å²) in [6.07, 6.45) is 2.76. The average molecular weight is 375 g/mol. The predicted molar refractivity (Wildman–Crippen MR) is 88.0 cm³/mol. The number of sulfonamides is 1. The van der Waals surface area contributed by atoms with Crippen molar-refractivity contribution in [3.8, 4) is 0 Å². The van der Waals surface area contributed by atoms with Crippen molar-refractivity contribution in [3.63, 3.8) is 0 Å². The van der Waals surface area contributed by atoms with Gasteiger partial charge in [0.2, 0.25) is 10.0 Å². The van der Waals surface area contributed by atoms with Crippen molar-refractivity contribution in [2.75, 3.05) is 6.26 Å². The summed E-state index contributed by atoms with van der Waals surface area (Å²) in [5.74, 6) is -1.28. The van der Waals surface area contributed by atoms with Crippen LogP contribution in [0.4, 0.5) is 0 Å². The quantitative estimate of drug-likeness (QED) is 0.801. The van der Waals surface area contributed by atoms with Crippen LogP contribution in [0, 0.1) is 12.8 Å². The molecule has 0 heterocycles. The van der Waals surface area contributed by atoms with Crippen LogP contribution in [-0.2, 0) is 24.7 Å². The largest absolute Gasteiger partial charge is 0.481 e. The third-order valence-electron chi connectivity index (χ3n) is 4.28. The first-order valence-electron chi connectivity index (χ1n) is 7.56. The van der Waals surface area contributed by atoms with Crippen LogP contribution in [0.3, 0.4) is 0 Å². The first kappa shape index (κ1) is 18.9. The van der Waals surface area contributed by atoms with Crippen molar-refractivity contribution < 1.29 is 26.7 Å². The Kier molecular flexibility index (Phi) is 5.36. The molecule has 0 aliphatic heterocycles. The Labute approximate surface area is 142 Å². The van der Waals surface area contributed by atoms with E-state index in [1.54, 1.807) is 6.92 Å². The van der Waals surface area contributed by atoms with Crippen molar-refractivity contribution in [1.82, 2.24) is 4.72 Å². The van der Waals surface area contributed by atoms with Crippen LogP contribution in [-0.4, -0.2) is 40.2 Å². The highest BCUT2D eigenvalue weighted by Crippen LogP contribution is 2.27. The summed E-state index contributed by atoms with van der Waals surface area (Å²) < 4.78 is 51.0. The van der Waals surface area contributed by atoms with E-state index in [1.807, 2.05) is 0 Å². The van der Waals surface area contributed by atoms with Crippen LogP contribution < -0.4 is 4.72 Å². The highest BCUT2D eigenvalue weighted by Gasteiger charge is 2.29. The number of sulfone groups is 1. The van der Waals surface area contributed by atoms with Crippen LogP contribution >= 0.6 is 0 Å². The van der Waals surface area contributed by atoms with Gasteiger partial charge in [0.15, 0.2) is 9.84 Å². The third-order valence-corrected chi connectivity index (χ3v) is 7.05. The molecule has 0 aromatic heterocycles. The molecule has 9 heteroatoms. The van der Waals surface area contributed by atoms with Crippen LogP contribution in [0.15, 0.2) is 28.0 Å². The minimum absolute atomic E-state index is 0.0527. The van der Waals surface area contributed by atoms with E-state index in [0.717, 1.165) is 12.3 Å². The summed E-state index contributed by atoms with van der Waals surface area (Å²) in [4.78, 5) is 10.8. The summed E-state index contributed by atoms with van der Waals surface area (Å²) in [5.41, 5.74) is 0.453. The second kappa shape index (κ2) is 6.81. The van der Waals surface area contributed by atoms with Gasteiger partial charge in [-0.2, -0.15) is 0 Å². The standard InChI is InChI=1S/C15H21NO6S2/c1-10-3-8-13(23(2,19)20)9-14(10)24(21,22)16-12-6-4-11(5-7-12)15(17)18/h3,8-9,11-12,16H,4-7H2,1-2H3,(H,17,18). The molecule has 134 valence electrons. The average Bonchev–Trinajstić information content (AvgIpc) is 2.46. The smallest absolute Gasteiger partial charge is 0.306 e. The van der Waals surface area contributed by atoms with E-state index >= 15 is 0 Å². The Morgan fingerprint density at radius 2 is 1.71 bits per heavy atom. The summed E-state index contributed by atoms with van der Waals surface area (Å²) in [6.45, 7) is 1.60. The molecule has 0 spiro atoms. The molecule has 1 aliphatic carbocycles. The van der Waals surface area contributed by atoms with E-state index in [9.17, 15) is 21.6 Å². The fourth-order valence-electron chi connectivity index (χ4n) is 2.84. The van der Waals surface area contributed by atoms with E-state index in [-0.39, 0.29) is 15.8 Å². The lowest BCUT2D eigenvalue weighted by Gasteiger charge is -2.26. The van der Waals surface area contributed by atoms with Gasteiger partial charge in [0.25, 0.3) is 0 Å². The van der Waals surface area contributed by atoms with E-state index in [2.05, 4.69) is 4.72 Å². The Hall–Kier alpha value is -1.45. The van der Waals surface area contributed by atoms with Crippen molar-refractivity contribution in [2.45, 2.75) is 48.4 Å². The number of benzene rings is 1. The van der Waals surface area contributed by atoms with Gasteiger partial charge >= 0.3 is 5.97 Å². The number of aryl methyl sites for hydroxylation is 1. The normalized spacial score (nSPS) is 22.2. The predicted octanol–water partition coefficient (Wildman–Crippen LogP) is 1.32. The number of nitrogens with one attached hydrogen (secondary N) is 1. The number of aliphatic carboxylic acids is 1. The first-order chi connectivity index (χ1) is 11.0. The van der Waals surface area contributed by atoms with Crippen LogP contribution in [0.1, 0.15) is 31.2 Å². The molecule has 2 N–H and O–H groups in total. The molecule has 0 amide bonds. The second-order valence-electron chi connectivity index (χ2n) is 6.21. The van der Waals surface area contributed by atoms with E-state index < -0.39 is 31.7 Å². The zero-order chi connectivity index (χ0) is 18.1. The molecule has 0 radical (unpaired) electrons. The van der Waals surface area contributed by atoms with Crippen LogP contribution in [0.25, 0.3) is 0 Å². The van der Waals surface area contributed by atoms with Gasteiger partial charge in [0, 0.05) is 12.3 Å². The molecule has 7 nitrogen and oxygen atoms in total. The van der Waals surface area contributed by atoms with Crippen molar-refractivity contribution in [2.24, 2.45) is 5.92 Å². The molecule has 0 atom stereocenters. The monoisotopic (exact) mass is 375 g/mol. The summed E-state index contributed by atoms with van der Waals surface area (Å²) in [6, 6.07) is 3.66. The second-order valence-corrected chi connectivity index (χ2v) is 9.91. The van der Waals surface area contributed by atoms with Gasteiger partial charge in [-0.3, -0.25) is 4.79 Å². The molecule has 1 aliphatic rings. The molecule has 1 saturated carbocycles. The summed E-state index contributed by atoms with van der Waals surface area (Å²) in [5, 5.41) is 8.98. The minimum Gasteiger partial charge on any atom is -0.481 e. The number of hydrogen-bond donors (Lipinski definition) is 2. The van der Waals surface area contributed by atoms with Gasteiger partial charge < -0.3 is 5.11 Å². The number of carboxylic acids is 1. The fourth-order valence-corrected chi connectivity index (χ4v) is 5.14. The zero-order valence-corrected chi connectivity index (χ0v) is 15.2. The molecule has 2 rings (SSSR count). The highest BCUT2D eigenvalue weighted by molar-refractivity contribution is 7.91. The van der Waals surface area contributed by atoms with Gasteiger partial charge in [-0.05, 0) is 50.3 Å². The molecular weight excluding hydrogens is 354 g/mol. The van der Waals surface area contributed by atoms with E-state index in [1.165, 1.54) is 12.1 Å². The maximum absolute atomic E-state index is 12.6. The minimum atomic E-state index is -3.87. The SMILES string of the molecule is Cc1ccc(S(C)(=O)=O)cc1S(=O)(=O)NC1CCC(C(=O)O)CC1. The Balaban J connectivity index is 2.21. The molecule has 0 bridgehead atoms. The Bertz CT molecular complexity index is 837. The van der Waals surface area contributed by atoms with Gasteiger partial charge in [0.1, 0.15) is 0 Å². The number of rotatable bonds is 5. The lowest BCUT2D eigenvalue weighted by atomic mass is 9.87. The Morgan fingerprint density at radius 3 is 2.21 bits per heavy atom. The Morgan fingerprint density at radius 1 is 1.12 bits per heavy atom. The lowest BCUT2D eigenvalue weighted by molar-refractivity contribution is -0.142. The van der Waals surface area contributed by atoms with Crippen molar-refractivity contribution >= 4 is 25.8 Å². The zero-order valence-electron chi connectivity index (χ0n) is 13.5. The van der Waals surface area contributed by atoms with Gasteiger partial charge in [-0.25, -0.2) is 21.6 Å². The number of carbonyl (C=O) groups is 1. The van der Waals surface area contributed by atoms with E-state index in [4.69, 9.17) is 5.11 Å². The molecular formula is C15H21NO6S2. The van der Waals surface area contributed by atoms with Crippen molar-refractivity contribution in [3.05, 3.63) is 23.8 Å². The number of hydrogen-bond acceptors (Lipinski definition) is 5. The maximum atomic E-state index is 12.6. The molecule has 24 heavy (non-hydrogen) atoms. The molecule has 1 aromatic rings.